The van der Waals surface area contributed by atoms with Gasteiger partial charge in [-0.2, -0.15) is 4.31 Å². The molecular formula is C21H22ClN5O2S. The van der Waals surface area contributed by atoms with Crippen molar-refractivity contribution in [1.82, 2.24) is 19.3 Å². The van der Waals surface area contributed by atoms with Crippen molar-refractivity contribution in [2.45, 2.75) is 31.6 Å². The zero-order chi connectivity index (χ0) is 21.1. The third-order valence-corrected chi connectivity index (χ3v) is 7.19. The molecule has 1 atom stereocenters. The van der Waals surface area contributed by atoms with Crippen molar-refractivity contribution in [2.24, 2.45) is 0 Å². The number of aromatic nitrogens is 3. The number of pyridine rings is 1. The first-order chi connectivity index (χ1) is 14.4. The highest BCUT2D eigenvalue weighted by molar-refractivity contribution is 7.88. The lowest BCUT2D eigenvalue weighted by Crippen LogP contribution is -2.32. The largest absolute Gasteiger partial charge is 0.324 e. The third-order valence-electron chi connectivity index (χ3n) is 5.00. The Balaban J connectivity index is 1.57. The van der Waals surface area contributed by atoms with Crippen LogP contribution in [0.1, 0.15) is 35.8 Å². The Morgan fingerprint density at radius 1 is 1.10 bits per heavy atom. The van der Waals surface area contributed by atoms with Gasteiger partial charge in [0.25, 0.3) is 0 Å². The van der Waals surface area contributed by atoms with Crippen molar-refractivity contribution in [3.8, 4) is 0 Å². The van der Waals surface area contributed by atoms with Gasteiger partial charge in [0.15, 0.2) is 0 Å². The van der Waals surface area contributed by atoms with Gasteiger partial charge in [0.2, 0.25) is 10.0 Å². The van der Waals surface area contributed by atoms with Crippen molar-refractivity contribution in [1.29, 1.82) is 0 Å². The second kappa shape index (κ2) is 8.67. The summed E-state index contributed by atoms with van der Waals surface area (Å²) in [7, 11) is -3.56. The minimum atomic E-state index is -3.56. The molecule has 0 spiro atoms. The molecule has 7 nitrogen and oxygen atoms in total. The fourth-order valence-electron chi connectivity index (χ4n) is 3.61. The lowest BCUT2D eigenvalue weighted by Gasteiger charge is -2.24. The Hall–Kier alpha value is -2.55. The number of sulfonamides is 1. The zero-order valence-corrected chi connectivity index (χ0v) is 18.1. The number of benzene rings is 1. The summed E-state index contributed by atoms with van der Waals surface area (Å²) < 4.78 is 27.8. The van der Waals surface area contributed by atoms with Crippen LogP contribution < -0.4 is 5.32 Å². The molecule has 30 heavy (non-hydrogen) atoms. The second-order valence-electron chi connectivity index (χ2n) is 7.23. The molecule has 1 fully saturated rings. The van der Waals surface area contributed by atoms with Crippen molar-refractivity contribution >= 4 is 33.3 Å². The molecule has 0 amide bonds. The number of aryl methyl sites for hydroxylation is 1. The Morgan fingerprint density at radius 2 is 1.93 bits per heavy atom. The van der Waals surface area contributed by atoms with E-state index in [4.69, 9.17) is 11.6 Å². The van der Waals surface area contributed by atoms with Crippen molar-refractivity contribution in [3.05, 3.63) is 76.8 Å². The van der Waals surface area contributed by atoms with Crippen molar-refractivity contribution in [2.75, 3.05) is 11.9 Å². The summed E-state index contributed by atoms with van der Waals surface area (Å²) >= 11 is 6.18. The maximum Gasteiger partial charge on any atom is 0.218 e. The van der Waals surface area contributed by atoms with E-state index in [1.54, 1.807) is 36.7 Å². The molecule has 3 aromatic rings. The van der Waals surface area contributed by atoms with E-state index in [1.807, 2.05) is 25.1 Å². The number of hydrogen-bond donors (Lipinski definition) is 1. The lowest BCUT2D eigenvalue weighted by molar-refractivity contribution is 0.389. The maximum absolute atomic E-state index is 13.1. The minimum Gasteiger partial charge on any atom is -0.324 e. The van der Waals surface area contributed by atoms with Crippen LogP contribution in [-0.4, -0.2) is 34.2 Å². The molecular weight excluding hydrogens is 422 g/mol. The quantitative estimate of drug-likeness (QED) is 0.612. The Kier molecular flexibility index (Phi) is 5.99. The van der Waals surface area contributed by atoms with E-state index in [0.717, 1.165) is 12.1 Å². The van der Waals surface area contributed by atoms with Gasteiger partial charge in [-0.25, -0.2) is 18.4 Å². The molecule has 1 aliphatic heterocycles. The first-order valence-corrected chi connectivity index (χ1v) is 11.7. The van der Waals surface area contributed by atoms with E-state index < -0.39 is 10.0 Å². The average molecular weight is 444 g/mol. The maximum atomic E-state index is 13.1. The molecule has 9 heteroatoms. The van der Waals surface area contributed by atoms with E-state index >= 15 is 0 Å². The summed E-state index contributed by atoms with van der Waals surface area (Å²) in [5, 5.41) is 3.59. The second-order valence-corrected chi connectivity index (χ2v) is 9.56. The molecule has 0 unspecified atom stereocenters. The highest BCUT2D eigenvalue weighted by Gasteiger charge is 2.36. The van der Waals surface area contributed by atoms with Crippen LogP contribution in [0.2, 0.25) is 5.02 Å². The van der Waals surface area contributed by atoms with Crippen LogP contribution in [0, 0.1) is 6.92 Å². The van der Waals surface area contributed by atoms with Crippen molar-refractivity contribution in [3.63, 3.8) is 0 Å². The molecule has 0 radical (unpaired) electrons. The van der Waals surface area contributed by atoms with Gasteiger partial charge in [0, 0.05) is 17.3 Å². The van der Waals surface area contributed by atoms with E-state index in [1.165, 1.54) is 4.31 Å². The Labute approximate surface area is 181 Å². The highest BCUT2D eigenvalue weighted by Crippen LogP contribution is 2.35. The normalized spacial score (nSPS) is 17.2. The third kappa shape index (κ3) is 4.61. The van der Waals surface area contributed by atoms with Crippen LogP contribution in [0.25, 0.3) is 0 Å². The topological polar surface area (TPSA) is 88.1 Å². The Morgan fingerprint density at radius 3 is 2.73 bits per heavy atom. The van der Waals surface area contributed by atoms with Gasteiger partial charge in [-0.05, 0) is 43.5 Å². The number of nitrogens with one attached hydrogen (secondary N) is 1. The number of rotatable bonds is 6. The van der Waals surface area contributed by atoms with Gasteiger partial charge < -0.3 is 5.32 Å². The van der Waals surface area contributed by atoms with Gasteiger partial charge in [0.1, 0.15) is 11.6 Å². The van der Waals surface area contributed by atoms with Gasteiger partial charge >= 0.3 is 0 Å². The Bertz CT molecular complexity index is 1160. The van der Waals surface area contributed by atoms with Crippen molar-refractivity contribution < 1.29 is 8.42 Å². The number of anilines is 2. The molecule has 1 aliphatic rings. The van der Waals surface area contributed by atoms with Crippen LogP contribution >= 0.6 is 11.6 Å². The number of nitrogens with zero attached hydrogens (tertiary/aromatic N) is 4. The van der Waals surface area contributed by atoms with Crippen LogP contribution in [-0.2, 0) is 15.8 Å². The van der Waals surface area contributed by atoms with Crippen LogP contribution in [0.5, 0.6) is 0 Å². The first-order valence-electron chi connectivity index (χ1n) is 9.68. The summed E-state index contributed by atoms with van der Waals surface area (Å²) in [6.45, 7) is 2.36. The van der Waals surface area contributed by atoms with Gasteiger partial charge in [-0.15, -0.1) is 0 Å². The number of halogens is 1. The van der Waals surface area contributed by atoms with Crippen LogP contribution in [0.3, 0.4) is 0 Å². The summed E-state index contributed by atoms with van der Waals surface area (Å²) in [6.07, 6.45) is 4.70. The molecule has 0 saturated carbocycles. The fourth-order valence-corrected chi connectivity index (χ4v) is 5.71. The highest BCUT2D eigenvalue weighted by atomic mass is 35.5. The van der Waals surface area contributed by atoms with E-state index in [-0.39, 0.29) is 11.8 Å². The van der Waals surface area contributed by atoms with E-state index in [9.17, 15) is 8.42 Å². The van der Waals surface area contributed by atoms with E-state index in [0.29, 0.717) is 40.9 Å². The van der Waals surface area contributed by atoms with E-state index in [2.05, 4.69) is 20.3 Å². The monoisotopic (exact) mass is 443 g/mol. The SMILES string of the molecule is Cc1cccc(Nc2cncc([C@@H]3CCCN3S(=O)(=O)Cc3ccccc3Cl)n2)n1. The summed E-state index contributed by atoms with van der Waals surface area (Å²) in [6, 6.07) is 12.3. The molecule has 4 rings (SSSR count). The van der Waals surface area contributed by atoms with Gasteiger partial charge in [0.05, 0.1) is 29.9 Å². The fraction of sp³-hybridized carbons (Fsp3) is 0.286. The summed E-state index contributed by atoms with van der Waals surface area (Å²) in [4.78, 5) is 13.3. The van der Waals surface area contributed by atoms with Crippen LogP contribution in [0.15, 0.2) is 54.9 Å². The zero-order valence-electron chi connectivity index (χ0n) is 16.5. The average Bonchev–Trinajstić information content (AvgIpc) is 3.21. The first kappa shape index (κ1) is 20.7. The summed E-state index contributed by atoms with van der Waals surface area (Å²) in [5.74, 6) is 1.05. The summed E-state index contributed by atoms with van der Waals surface area (Å²) in [5.41, 5.74) is 2.10. The molecule has 1 aromatic carbocycles. The molecule has 2 aromatic heterocycles. The van der Waals surface area contributed by atoms with Gasteiger partial charge in [-0.3, -0.25) is 4.98 Å². The molecule has 1 N–H and O–H groups in total. The smallest absolute Gasteiger partial charge is 0.218 e. The minimum absolute atomic E-state index is 0.137. The molecule has 1 saturated heterocycles. The molecule has 0 aliphatic carbocycles. The lowest BCUT2D eigenvalue weighted by atomic mass is 10.2. The predicted octanol–water partition coefficient (Wildman–Crippen LogP) is 4.24. The molecule has 0 bridgehead atoms. The number of hydrogen-bond acceptors (Lipinski definition) is 6. The standard InChI is InChI=1S/C21H22ClN5O2S/c1-15-6-4-10-20(24-15)26-21-13-23-12-18(25-21)19-9-5-11-27(19)30(28,29)14-16-7-2-3-8-17(16)22/h2-4,6-8,10,12-13,19H,5,9,11,14H2,1H3,(H,24,25,26)/t19-/m0/s1. The molecule has 156 valence electrons. The predicted molar refractivity (Wildman–Crippen MR) is 117 cm³/mol. The molecule has 3 heterocycles. The van der Waals surface area contributed by atoms with Gasteiger partial charge in [-0.1, -0.05) is 35.9 Å². The van der Waals surface area contributed by atoms with Crippen LogP contribution in [0.4, 0.5) is 11.6 Å².